The molecule has 0 amide bonds. The molecule has 1 aromatic carbocycles. The maximum Gasteiger partial charge on any atom is 0.167 e. The highest BCUT2D eigenvalue weighted by molar-refractivity contribution is 5.56. The highest BCUT2D eigenvalue weighted by atomic mass is 19.1. The number of rotatable bonds is 2. The number of nitrogens with zero attached hydrogens (tertiary/aromatic N) is 3. The predicted molar refractivity (Wildman–Crippen MR) is 68.3 cm³/mol. The van der Waals surface area contributed by atoms with Gasteiger partial charge in [-0.1, -0.05) is 0 Å². The topological polar surface area (TPSA) is 56.7 Å². The molecule has 0 unspecified atom stereocenters. The van der Waals surface area contributed by atoms with Gasteiger partial charge in [0.1, 0.15) is 17.5 Å². The van der Waals surface area contributed by atoms with E-state index in [-0.39, 0.29) is 23.5 Å². The fourth-order valence-corrected chi connectivity index (χ4v) is 2.00. The smallest absolute Gasteiger partial charge is 0.167 e. The van der Waals surface area contributed by atoms with Gasteiger partial charge in [0.05, 0.1) is 12.1 Å². The Labute approximate surface area is 110 Å². The SMILES string of the molecule is CC(C)(C)n1c(CN)nnc1-c1cc(F)ccc1F. The van der Waals surface area contributed by atoms with Crippen molar-refractivity contribution in [1.29, 1.82) is 0 Å². The monoisotopic (exact) mass is 266 g/mol. The molecule has 2 aromatic rings. The first-order chi connectivity index (χ1) is 8.84. The van der Waals surface area contributed by atoms with Gasteiger partial charge in [-0.15, -0.1) is 10.2 Å². The van der Waals surface area contributed by atoms with Crippen molar-refractivity contribution in [1.82, 2.24) is 14.8 Å². The fraction of sp³-hybridized carbons (Fsp3) is 0.385. The summed E-state index contributed by atoms with van der Waals surface area (Å²) >= 11 is 0. The van der Waals surface area contributed by atoms with Gasteiger partial charge >= 0.3 is 0 Å². The first-order valence-corrected chi connectivity index (χ1v) is 5.95. The van der Waals surface area contributed by atoms with E-state index in [2.05, 4.69) is 10.2 Å². The lowest BCUT2D eigenvalue weighted by Gasteiger charge is -2.24. The van der Waals surface area contributed by atoms with Gasteiger partial charge in [-0.2, -0.15) is 0 Å². The third kappa shape index (κ3) is 2.49. The van der Waals surface area contributed by atoms with Crippen LogP contribution in [0.5, 0.6) is 0 Å². The molecule has 1 aromatic heterocycles. The summed E-state index contributed by atoms with van der Waals surface area (Å²) in [5.74, 6) is -0.242. The molecule has 0 radical (unpaired) electrons. The van der Waals surface area contributed by atoms with Crippen molar-refractivity contribution in [2.45, 2.75) is 32.9 Å². The maximum absolute atomic E-state index is 13.9. The van der Waals surface area contributed by atoms with Crippen molar-refractivity contribution >= 4 is 0 Å². The summed E-state index contributed by atoms with van der Waals surface area (Å²) < 4.78 is 28.9. The van der Waals surface area contributed by atoms with E-state index < -0.39 is 11.6 Å². The van der Waals surface area contributed by atoms with E-state index >= 15 is 0 Å². The number of hydrogen-bond acceptors (Lipinski definition) is 3. The molecule has 2 N–H and O–H groups in total. The van der Waals surface area contributed by atoms with Crippen LogP contribution < -0.4 is 5.73 Å². The quantitative estimate of drug-likeness (QED) is 0.908. The highest BCUT2D eigenvalue weighted by Crippen LogP contribution is 2.28. The summed E-state index contributed by atoms with van der Waals surface area (Å²) in [5, 5.41) is 7.90. The van der Waals surface area contributed by atoms with Gasteiger partial charge in [0.2, 0.25) is 0 Å². The molecule has 2 rings (SSSR count). The van der Waals surface area contributed by atoms with Crippen molar-refractivity contribution in [2.75, 3.05) is 0 Å². The number of hydrogen-bond donors (Lipinski definition) is 1. The van der Waals surface area contributed by atoms with E-state index in [1.165, 1.54) is 0 Å². The van der Waals surface area contributed by atoms with Crippen LogP contribution in [0.25, 0.3) is 11.4 Å². The van der Waals surface area contributed by atoms with Crippen LogP contribution in [0, 0.1) is 11.6 Å². The average Bonchev–Trinajstić information content (AvgIpc) is 2.75. The van der Waals surface area contributed by atoms with E-state index in [1.807, 2.05) is 20.8 Å². The van der Waals surface area contributed by atoms with Crippen LogP contribution in [0.3, 0.4) is 0 Å². The van der Waals surface area contributed by atoms with Gasteiger partial charge < -0.3 is 10.3 Å². The van der Waals surface area contributed by atoms with Gasteiger partial charge in [0, 0.05) is 5.54 Å². The Balaban J connectivity index is 2.69. The lowest BCUT2D eigenvalue weighted by Crippen LogP contribution is -2.26. The van der Waals surface area contributed by atoms with Crippen molar-refractivity contribution in [3.63, 3.8) is 0 Å². The third-order valence-corrected chi connectivity index (χ3v) is 2.75. The summed E-state index contributed by atoms with van der Waals surface area (Å²) in [6, 6.07) is 3.26. The molecule has 0 aliphatic rings. The maximum atomic E-state index is 13.9. The standard InChI is InChI=1S/C13H16F2N4/c1-13(2,3)19-11(7-16)17-18-12(19)9-6-8(14)4-5-10(9)15/h4-6H,7,16H2,1-3H3. The van der Waals surface area contributed by atoms with E-state index in [4.69, 9.17) is 5.73 Å². The molecule has 4 nitrogen and oxygen atoms in total. The minimum absolute atomic E-state index is 0.0853. The molecule has 6 heteroatoms. The Morgan fingerprint density at radius 2 is 1.89 bits per heavy atom. The van der Waals surface area contributed by atoms with Crippen LogP contribution in [0.4, 0.5) is 8.78 Å². The van der Waals surface area contributed by atoms with Gasteiger partial charge in [-0.05, 0) is 39.0 Å². The van der Waals surface area contributed by atoms with Crippen LogP contribution >= 0.6 is 0 Å². The van der Waals surface area contributed by atoms with Crippen LogP contribution in [-0.2, 0) is 12.1 Å². The van der Waals surface area contributed by atoms with Gasteiger partial charge in [0.15, 0.2) is 5.82 Å². The summed E-state index contributed by atoms with van der Waals surface area (Å²) in [7, 11) is 0. The molecule has 0 bridgehead atoms. The van der Waals surface area contributed by atoms with Gasteiger partial charge in [-0.25, -0.2) is 8.78 Å². The van der Waals surface area contributed by atoms with E-state index in [9.17, 15) is 8.78 Å². The molecule has 0 fully saturated rings. The Bertz CT molecular complexity index is 599. The molecule has 0 aliphatic heterocycles. The van der Waals surface area contributed by atoms with Crippen molar-refractivity contribution < 1.29 is 8.78 Å². The lowest BCUT2D eigenvalue weighted by atomic mass is 10.1. The second-order valence-corrected chi connectivity index (χ2v) is 5.27. The first-order valence-electron chi connectivity index (χ1n) is 5.95. The van der Waals surface area contributed by atoms with Crippen LogP contribution in [0.15, 0.2) is 18.2 Å². The molecule has 0 saturated carbocycles. The minimum atomic E-state index is -0.539. The largest absolute Gasteiger partial charge is 0.324 e. The molecule has 0 atom stereocenters. The highest BCUT2D eigenvalue weighted by Gasteiger charge is 2.24. The van der Waals surface area contributed by atoms with Crippen LogP contribution in [-0.4, -0.2) is 14.8 Å². The first kappa shape index (κ1) is 13.6. The average molecular weight is 266 g/mol. The number of aromatic nitrogens is 3. The minimum Gasteiger partial charge on any atom is -0.324 e. The molecule has 102 valence electrons. The zero-order chi connectivity index (χ0) is 14.2. The molecular formula is C13H16F2N4. The Kier molecular flexibility index (Phi) is 3.36. The molecule has 0 saturated heterocycles. The Morgan fingerprint density at radius 1 is 1.21 bits per heavy atom. The molecular weight excluding hydrogens is 250 g/mol. The zero-order valence-electron chi connectivity index (χ0n) is 11.1. The molecule has 19 heavy (non-hydrogen) atoms. The summed E-state index contributed by atoms with van der Waals surface area (Å²) in [6.07, 6.45) is 0. The van der Waals surface area contributed by atoms with Crippen LogP contribution in [0.1, 0.15) is 26.6 Å². The Morgan fingerprint density at radius 3 is 2.47 bits per heavy atom. The normalized spacial score (nSPS) is 11.9. The van der Waals surface area contributed by atoms with E-state index in [0.717, 1.165) is 18.2 Å². The van der Waals surface area contributed by atoms with E-state index in [0.29, 0.717) is 5.82 Å². The number of halogens is 2. The molecule has 0 spiro atoms. The van der Waals surface area contributed by atoms with E-state index in [1.54, 1.807) is 4.57 Å². The summed E-state index contributed by atoms with van der Waals surface area (Å²) in [4.78, 5) is 0. The van der Waals surface area contributed by atoms with Crippen molar-refractivity contribution in [3.05, 3.63) is 35.7 Å². The number of nitrogens with two attached hydrogens (primary N) is 1. The van der Waals surface area contributed by atoms with Crippen LogP contribution in [0.2, 0.25) is 0 Å². The van der Waals surface area contributed by atoms with Crippen molar-refractivity contribution in [3.8, 4) is 11.4 Å². The van der Waals surface area contributed by atoms with Gasteiger partial charge in [0.25, 0.3) is 0 Å². The second kappa shape index (κ2) is 4.70. The predicted octanol–water partition coefficient (Wildman–Crippen LogP) is 2.44. The van der Waals surface area contributed by atoms with Gasteiger partial charge in [-0.3, -0.25) is 0 Å². The second-order valence-electron chi connectivity index (χ2n) is 5.27. The number of benzene rings is 1. The zero-order valence-corrected chi connectivity index (χ0v) is 11.1. The summed E-state index contributed by atoms with van der Waals surface area (Å²) in [5.41, 5.74) is 5.32. The third-order valence-electron chi connectivity index (χ3n) is 2.75. The summed E-state index contributed by atoms with van der Waals surface area (Å²) in [6.45, 7) is 5.96. The lowest BCUT2D eigenvalue weighted by molar-refractivity contribution is 0.385. The van der Waals surface area contributed by atoms with Crippen molar-refractivity contribution in [2.24, 2.45) is 5.73 Å². The molecule has 0 aliphatic carbocycles. The molecule has 1 heterocycles. The Hall–Kier alpha value is -1.82. The fourth-order valence-electron chi connectivity index (χ4n) is 2.00.